The molecule has 0 bridgehead atoms. The average molecular weight is 201 g/mol. The van der Waals surface area contributed by atoms with E-state index in [4.69, 9.17) is 10.5 Å². The molecule has 1 amide bonds. The minimum atomic E-state index is -0.686. The van der Waals surface area contributed by atoms with E-state index in [-0.39, 0.29) is 16.9 Å². The zero-order valence-corrected chi connectivity index (χ0v) is 10.2. The zero-order valence-electron chi connectivity index (χ0n) is 10.2. The lowest BCUT2D eigenvalue weighted by Crippen LogP contribution is -2.36. The minimum absolute atomic E-state index is 0.0672. The summed E-state index contributed by atoms with van der Waals surface area (Å²) in [7, 11) is 0. The van der Waals surface area contributed by atoms with Crippen molar-refractivity contribution in [3.63, 3.8) is 0 Å². The fourth-order valence-electron chi connectivity index (χ4n) is 1.22. The third-order valence-corrected chi connectivity index (χ3v) is 2.02. The summed E-state index contributed by atoms with van der Waals surface area (Å²) in [6.07, 6.45) is 0.00794. The van der Waals surface area contributed by atoms with Gasteiger partial charge in [0.2, 0.25) is 0 Å². The molecule has 0 saturated carbocycles. The third kappa shape index (κ3) is 5.84. The molecule has 0 saturated heterocycles. The maximum absolute atomic E-state index is 10.7. The molecule has 0 aromatic rings. The predicted molar refractivity (Wildman–Crippen MR) is 58.0 cm³/mol. The smallest absolute Gasteiger partial charge is 0.404 e. The molecule has 0 aromatic heterocycles. The number of hydrogen-bond acceptors (Lipinski definition) is 2. The number of hydrogen-bond donors (Lipinski definition) is 1. The normalized spacial score (nSPS) is 15.0. The Bertz CT molecular complexity index is 198. The summed E-state index contributed by atoms with van der Waals surface area (Å²) in [5, 5.41) is 0. The lowest BCUT2D eigenvalue weighted by Gasteiger charge is -2.34. The highest BCUT2D eigenvalue weighted by atomic mass is 16.6. The largest absolute Gasteiger partial charge is 0.446 e. The average Bonchev–Trinajstić information content (AvgIpc) is 1.78. The molecule has 1 atom stereocenters. The molecular formula is C11H23NO2. The summed E-state index contributed by atoms with van der Waals surface area (Å²) in [4.78, 5) is 10.7. The molecule has 3 heteroatoms. The van der Waals surface area contributed by atoms with E-state index >= 15 is 0 Å². The topological polar surface area (TPSA) is 52.3 Å². The van der Waals surface area contributed by atoms with E-state index in [1.807, 2.05) is 20.8 Å². The van der Waals surface area contributed by atoms with Crippen molar-refractivity contribution in [2.24, 2.45) is 16.6 Å². The van der Waals surface area contributed by atoms with Crippen molar-refractivity contribution in [2.75, 3.05) is 0 Å². The standard InChI is InChI=1S/C11H23NO2/c1-10(2,3)7-8(11(4,5)6)14-9(12)13/h8H,7H2,1-6H3,(H2,12,13). The van der Waals surface area contributed by atoms with Gasteiger partial charge in [0.25, 0.3) is 0 Å². The van der Waals surface area contributed by atoms with Crippen LogP contribution in [0, 0.1) is 10.8 Å². The van der Waals surface area contributed by atoms with E-state index in [0.29, 0.717) is 0 Å². The van der Waals surface area contributed by atoms with Crippen LogP contribution in [-0.2, 0) is 4.74 Å². The number of primary amides is 1. The summed E-state index contributed by atoms with van der Waals surface area (Å²) in [6, 6.07) is 0. The van der Waals surface area contributed by atoms with Crippen LogP contribution in [0.15, 0.2) is 0 Å². The molecule has 0 rings (SSSR count). The Morgan fingerprint density at radius 1 is 1.21 bits per heavy atom. The summed E-state index contributed by atoms with van der Waals surface area (Å²) in [6.45, 7) is 12.5. The minimum Gasteiger partial charge on any atom is -0.446 e. The summed E-state index contributed by atoms with van der Waals surface area (Å²) in [5.74, 6) is 0. The molecule has 0 aliphatic carbocycles. The molecule has 3 nitrogen and oxygen atoms in total. The van der Waals surface area contributed by atoms with Crippen molar-refractivity contribution in [1.82, 2.24) is 0 Å². The Morgan fingerprint density at radius 3 is 1.86 bits per heavy atom. The highest BCUT2D eigenvalue weighted by Crippen LogP contribution is 2.32. The fraction of sp³-hybridized carbons (Fsp3) is 0.909. The molecule has 0 radical (unpaired) electrons. The number of rotatable bonds is 2. The molecule has 0 aliphatic rings. The van der Waals surface area contributed by atoms with E-state index in [0.717, 1.165) is 6.42 Å². The Morgan fingerprint density at radius 2 is 1.64 bits per heavy atom. The van der Waals surface area contributed by atoms with Gasteiger partial charge in [0.1, 0.15) is 6.10 Å². The van der Waals surface area contributed by atoms with Crippen LogP contribution in [0.3, 0.4) is 0 Å². The van der Waals surface area contributed by atoms with Gasteiger partial charge in [-0.2, -0.15) is 0 Å². The molecular weight excluding hydrogens is 178 g/mol. The SMILES string of the molecule is CC(C)(C)CC(OC(N)=O)C(C)(C)C. The molecule has 0 spiro atoms. The predicted octanol–water partition coefficient (Wildman–Crippen LogP) is 2.93. The van der Waals surface area contributed by atoms with Crippen LogP contribution in [0.4, 0.5) is 4.79 Å². The highest BCUT2D eigenvalue weighted by Gasteiger charge is 2.31. The molecule has 2 N–H and O–H groups in total. The Kier molecular flexibility index (Phi) is 3.98. The number of carbonyl (C=O) groups excluding carboxylic acids is 1. The van der Waals surface area contributed by atoms with Gasteiger partial charge in [-0.15, -0.1) is 0 Å². The van der Waals surface area contributed by atoms with E-state index in [9.17, 15) is 4.79 Å². The summed E-state index contributed by atoms with van der Waals surface area (Å²) in [5.41, 5.74) is 5.11. The lowest BCUT2D eigenvalue weighted by molar-refractivity contribution is 0.0108. The van der Waals surface area contributed by atoms with E-state index in [2.05, 4.69) is 20.8 Å². The van der Waals surface area contributed by atoms with Gasteiger partial charge in [0.05, 0.1) is 0 Å². The number of carbonyl (C=O) groups is 1. The maximum atomic E-state index is 10.7. The molecule has 1 unspecified atom stereocenters. The van der Waals surface area contributed by atoms with Crippen LogP contribution in [-0.4, -0.2) is 12.2 Å². The van der Waals surface area contributed by atoms with Gasteiger partial charge < -0.3 is 10.5 Å². The van der Waals surface area contributed by atoms with Gasteiger partial charge >= 0.3 is 6.09 Å². The van der Waals surface area contributed by atoms with Crippen LogP contribution < -0.4 is 5.73 Å². The van der Waals surface area contributed by atoms with E-state index in [1.54, 1.807) is 0 Å². The van der Waals surface area contributed by atoms with Gasteiger partial charge in [-0.1, -0.05) is 41.5 Å². The van der Waals surface area contributed by atoms with Crippen molar-refractivity contribution in [1.29, 1.82) is 0 Å². The van der Waals surface area contributed by atoms with Crippen LogP contribution >= 0.6 is 0 Å². The molecule has 0 aromatic carbocycles. The molecule has 14 heavy (non-hydrogen) atoms. The zero-order chi connectivity index (χ0) is 11.6. The Hall–Kier alpha value is -0.730. The van der Waals surface area contributed by atoms with Crippen LogP contribution in [0.25, 0.3) is 0 Å². The van der Waals surface area contributed by atoms with Crippen LogP contribution in [0.2, 0.25) is 0 Å². The Labute approximate surface area is 87.0 Å². The van der Waals surface area contributed by atoms with Crippen LogP contribution in [0.1, 0.15) is 48.0 Å². The molecule has 0 aliphatic heterocycles. The van der Waals surface area contributed by atoms with Gasteiger partial charge in [-0.3, -0.25) is 0 Å². The Balaban J connectivity index is 4.50. The first-order valence-corrected chi connectivity index (χ1v) is 4.98. The van der Waals surface area contributed by atoms with Gasteiger partial charge in [-0.25, -0.2) is 4.79 Å². The van der Waals surface area contributed by atoms with Gasteiger partial charge in [0, 0.05) is 0 Å². The van der Waals surface area contributed by atoms with E-state index < -0.39 is 6.09 Å². The number of amides is 1. The van der Waals surface area contributed by atoms with Crippen molar-refractivity contribution in [2.45, 2.75) is 54.1 Å². The fourth-order valence-corrected chi connectivity index (χ4v) is 1.22. The molecule has 84 valence electrons. The first-order chi connectivity index (χ1) is 6.02. The first kappa shape index (κ1) is 13.3. The van der Waals surface area contributed by atoms with Crippen molar-refractivity contribution in [3.05, 3.63) is 0 Å². The number of nitrogens with two attached hydrogens (primary N) is 1. The van der Waals surface area contributed by atoms with Crippen LogP contribution in [0.5, 0.6) is 0 Å². The second kappa shape index (κ2) is 4.20. The molecule has 0 fully saturated rings. The maximum Gasteiger partial charge on any atom is 0.404 e. The molecule has 0 heterocycles. The third-order valence-electron chi connectivity index (χ3n) is 2.02. The first-order valence-electron chi connectivity index (χ1n) is 4.98. The monoisotopic (exact) mass is 201 g/mol. The van der Waals surface area contributed by atoms with Crippen molar-refractivity contribution < 1.29 is 9.53 Å². The second-order valence-electron chi connectivity index (χ2n) is 6.06. The quantitative estimate of drug-likeness (QED) is 0.746. The number of ether oxygens (including phenoxy) is 1. The second-order valence-corrected chi connectivity index (χ2v) is 6.06. The summed E-state index contributed by atoms with van der Waals surface area (Å²) < 4.78 is 5.13. The van der Waals surface area contributed by atoms with Gasteiger partial charge in [0.15, 0.2) is 0 Å². The summed E-state index contributed by atoms with van der Waals surface area (Å²) >= 11 is 0. The van der Waals surface area contributed by atoms with Gasteiger partial charge in [-0.05, 0) is 17.3 Å². The van der Waals surface area contributed by atoms with Crippen molar-refractivity contribution in [3.8, 4) is 0 Å². The van der Waals surface area contributed by atoms with Crippen molar-refractivity contribution >= 4 is 6.09 Å². The highest BCUT2D eigenvalue weighted by molar-refractivity contribution is 5.64. The lowest BCUT2D eigenvalue weighted by atomic mass is 9.78. The van der Waals surface area contributed by atoms with E-state index in [1.165, 1.54) is 0 Å².